The van der Waals surface area contributed by atoms with E-state index in [0.717, 1.165) is 55.5 Å². The first-order valence-corrected chi connectivity index (χ1v) is 19.2. The Kier molecular flexibility index (Phi) is 7.53. The molecule has 10 aromatic carbocycles. The molecule has 0 amide bonds. The predicted molar refractivity (Wildman–Crippen MR) is 237 cm³/mol. The standard InChI is InChI=1S/C54H35NO/c1-2-14-40-34-43(26-25-36(40)11-1)42-17-7-16-41(33-42)37-27-30-45(31-28-37)55(51-23-9-15-38-12-3-5-20-47(38)51)46-19-8-18-44(35-46)48-22-10-24-52-53(48)50-32-29-39-13-4-6-21-49(39)54(50)56-52/h1-35H. The molecular weight excluding hydrogens is 679 g/mol. The maximum absolute atomic E-state index is 6.58. The number of hydrogen-bond donors (Lipinski definition) is 0. The van der Waals surface area contributed by atoms with Crippen LogP contribution in [0.25, 0.3) is 87.6 Å². The van der Waals surface area contributed by atoms with Crippen LogP contribution in [-0.2, 0) is 0 Å². The fourth-order valence-corrected chi connectivity index (χ4v) is 8.49. The summed E-state index contributed by atoms with van der Waals surface area (Å²) in [5, 5.41) is 9.48. The molecule has 0 saturated heterocycles. The molecule has 0 bridgehead atoms. The first-order chi connectivity index (χ1) is 27.7. The van der Waals surface area contributed by atoms with Gasteiger partial charge < -0.3 is 9.32 Å². The number of anilines is 3. The van der Waals surface area contributed by atoms with Gasteiger partial charge in [0.2, 0.25) is 0 Å². The number of hydrogen-bond acceptors (Lipinski definition) is 2. The van der Waals surface area contributed by atoms with E-state index in [-0.39, 0.29) is 0 Å². The second kappa shape index (κ2) is 13.2. The molecule has 0 N–H and O–H groups in total. The van der Waals surface area contributed by atoms with Crippen molar-refractivity contribution in [3.63, 3.8) is 0 Å². The van der Waals surface area contributed by atoms with Crippen LogP contribution in [0.3, 0.4) is 0 Å². The van der Waals surface area contributed by atoms with Crippen LogP contribution in [0.15, 0.2) is 217 Å². The summed E-state index contributed by atoms with van der Waals surface area (Å²) in [7, 11) is 0. The van der Waals surface area contributed by atoms with Crippen molar-refractivity contribution >= 4 is 71.3 Å². The van der Waals surface area contributed by atoms with Crippen LogP contribution >= 0.6 is 0 Å². The average molecular weight is 714 g/mol. The fraction of sp³-hybridized carbons (Fsp3) is 0. The summed E-state index contributed by atoms with van der Waals surface area (Å²) in [6.45, 7) is 0. The fourth-order valence-electron chi connectivity index (χ4n) is 8.49. The van der Waals surface area contributed by atoms with Gasteiger partial charge in [0.15, 0.2) is 0 Å². The van der Waals surface area contributed by atoms with E-state index in [9.17, 15) is 0 Å². The van der Waals surface area contributed by atoms with Crippen LogP contribution in [0, 0.1) is 0 Å². The minimum absolute atomic E-state index is 0.894. The van der Waals surface area contributed by atoms with Crippen LogP contribution in [0.1, 0.15) is 0 Å². The van der Waals surface area contributed by atoms with Gasteiger partial charge in [-0.2, -0.15) is 0 Å². The van der Waals surface area contributed by atoms with Crippen molar-refractivity contribution in [1.82, 2.24) is 0 Å². The van der Waals surface area contributed by atoms with Gasteiger partial charge in [0.05, 0.1) is 5.69 Å². The molecule has 262 valence electrons. The van der Waals surface area contributed by atoms with Crippen molar-refractivity contribution in [3.05, 3.63) is 212 Å². The molecule has 1 aromatic heterocycles. The van der Waals surface area contributed by atoms with E-state index in [2.05, 4.69) is 217 Å². The highest BCUT2D eigenvalue weighted by molar-refractivity contribution is 6.19. The Bertz CT molecular complexity index is 3260. The normalized spacial score (nSPS) is 11.6. The molecular formula is C54H35NO. The lowest BCUT2D eigenvalue weighted by Crippen LogP contribution is -2.10. The van der Waals surface area contributed by atoms with Crippen LogP contribution < -0.4 is 4.90 Å². The summed E-state index contributed by atoms with van der Waals surface area (Å²) in [5.74, 6) is 0. The highest BCUT2D eigenvalue weighted by Crippen LogP contribution is 2.44. The largest absolute Gasteiger partial charge is 0.455 e. The van der Waals surface area contributed by atoms with Crippen molar-refractivity contribution in [2.75, 3.05) is 4.90 Å². The zero-order valence-corrected chi connectivity index (χ0v) is 30.6. The second-order valence-electron chi connectivity index (χ2n) is 14.5. The topological polar surface area (TPSA) is 16.4 Å². The molecule has 2 heteroatoms. The SMILES string of the molecule is c1cc(-c2ccc(N(c3cccc(-c4cccc5oc6c7ccccc7ccc6c45)c3)c3cccc4ccccc34)cc2)cc(-c2ccc3ccccc3c2)c1. The first-order valence-electron chi connectivity index (χ1n) is 19.2. The Morgan fingerprint density at radius 1 is 0.321 bits per heavy atom. The summed E-state index contributed by atoms with van der Waals surface area (Å²) in [4.78, 5) is 2.39. The molecule has 0 radical (unpaired) electrons. The van der Waals surface area contributed by atoms with Gasteiger partial charge in [0, 0.05) is 32.9 Å². The predicted octanol–water partition coefficient (Wildman–Crippen LogP) is 15.5. The Labute approximate surface area is 325 Å². The summed E-state index contributed by atoms with van der Waals surface area (Å²) >= 11 is 0. The zero-order valence-electron chi connectivity index (χ0n) is 30.6. The molecule has 0 aliphatic heterocycles. The first kappa shape index (κ1) is 32.0. The average Bonchev–Trinajstić information content (AvgIpc) is 3.67. The Morgan fingerprint density at radius 2 is 0.929 bits per heavy atom. The monoisotopic (exact) mass is 713 g/mol. The molecule has 2 nitrogen and oxygen atoms in total. The molecule has 11 aromatic rings. The Hall–Kier alpha value is -7.42. The number of benzene rings is 10. The van der Waals surface area contributed by atoms with E-state index >= 15 is 0 Å². The number of furan rings is 1. The van der Waals surface area contributed by atoms with Crippen molar-refractivity contribution < 1.29 is 4.42 Å². The summed E-state index contributed by atoms with van der Waals surface area (Å²) in [5.41, 5.74) is 12.2. The highest BCUT2D eigenvalue weighted by atomic mass is 16.3. The van der Waals surface area contributed by atoms with E-state index in [1.807, 2.05) is 0 Å². The van der Waals surface area contributed by atoms with Crippen LogP contribution in [0.5, 0.6) is 0 Å². The third-order valence-corrected chi connectivity index (χ3v) is 11.2. The molecule has 11 rings (SSSR count). The maximum Gasteiger partial charge on any atom is 0.143 e. The van der Waals surface area contributed by atoms with Gasteiger partial charge in [0.1, 0.15) is 11.2 Å². The van der Waals surface area contributed by atoms with E-state index in [0.29, 0.717) is 0 Å². The molecule has 0 unspecified atom stereocenters. The van der Waals surface area contributed by atoms with E-state index in [1.165, 1.54) is 49.2 Å². The Morgan fingerprint density at radius 3 is 1.79 bits per heavy atom. The van der Waals surface area contributed by atoms with Crippen molar-refractivity contribution in [2.45, 2.75) is 0 Å². The van der Waals surface area contributed by atoms with Crippen molar-refractivity contribution in [2.24, 2.45) is 0 Å². The maximum atomic E-state index is 6.58. The zero-order chi connectivity index (χ0) is 37.0. The minimum Gasteiger partial charge on any atom is -0.455 e. The molecule has 0 saturated carbocycles. The van der Waals surface area contributed by atoms with Crippen LogP contribution in [-0.4, -0.2) is 0 Å². The lowest BCUT2D eigenvalue weighted by molar-refractivity contribution is 0.673. The van der Waals surface area contributed by atoms with Crippen LogP contribution in [0.2, 0.25) is 0 Å². The lowest BCUT2D eigenvalue weighted by Gasteiger charge is -2.27. The van der Waals surface area contributed by atoms with Crippen molar-refractivity contribution in [1.29, 1.82) is 0 Å². The molecule has 0 aliphatic rings. The third-order valence-electron chi connectivity index (χ3n) is 11.2. The van der Waals surface area contributed by atoms with Crippen molar-refractivity contribution in [3.8, 4) is 33.4 Å². The van der Waals surface area contributed by atoms with Gasteiger partial charge in [-0.05, 0) is 110 Å². The molecule has 0 aliphatic carbocycles. The number of rotatable bonds is 6. The van der Waals surface area contributed by atoms with E-state index < -0.39 is 0 Å². The summed E-state index contributed by atoms with van der Waals surface area (Å²) < 4.78 is 6.58. The van der Waals surface area contributed by atoms with Gasteiger partial charge in [-0.1, -0.05) is 158 Å². The second-order valence-corrected chi connectivity index (χ2v) is 14.5. The third kappa shape index (κ3) is 5.42. The van der Waals surface area contributed by atoms with Gasteiger partial charge >= 0.3 is 0 Å². The molecule has 0 atom stereocenters. The summed E-state index contributed by atoms with van der Waals surface area (Å²) in [6, 6.07) is 76.5. The van der Waals surface area contributed by atoms with Crippen LogP contribution in [0.4, 0.5) is 17.1 Å². The van der Waals surface area contributed by atoms with E-state index in [4.69, 9.17) is 4.42 Å². The Balaban J connectivity index is 1.03. The number of fused-ring (bicyclic) bond motifs is 7. The molecule has 1 heterocycles. The van der Waals surface area contributed by atoms with Gasteiger partial charge in [0.25, 0.3) is 0 Å². The lowest BCUT2D eigenvalue weighted by atomic mass is 9.96. The smallest absolute Gasteiger partial charge is 0.143 e. The van der Waals surface area contributed by atoms with Gasteiger partial charge in [-0.15, -0.1) is 0 Å². The van der Waals surface area contributed by atoms with E-state index in [1.54, 1.807) is 0 Å². The molecule has 0 spiro atoms. The molecule has 56 heavy (non-hydrogen) atoms. The quantitative estimate of drug-likeness (QED) is 0.171. The number of nitrogens with zero attached hydrogens (tertiary/aromatic N) is 1. The van der Waals surface area contributed by atoms with Gasteiger partial charge in [-0.25, -0.2) is 0 Å². The minimum atomic E-state index is 0.894. The highest BCUT2D eigenvalue weighted by Gasteiger charge is 2.19. The molecule has 0 fully saturated rings. The van der Waals surface area contributed by atoms with Gasteiger partial charge in [-0.3, -0.25) is 0 Å². The summed E-state index contributed by atoms with van der Waals surface area (Å²) in [6.07, 6.45) is 0.